The van der Waals surface area contributed by atoms with Gasteiger partial charge in [0.25, 0.3) is 0 Å². The molecule has 2 N–H and O–H groups in total. The Bertz CT molecular complexity index is 2570. The van der Waals surface area contributed by atoms with Crippen LogP contribution >= 0.6 is 0 Å². The summed E-state index contributed by atoms with van der Waals surface area (Å²) in [5, 5.41) is 20.9. The quantitative estimate of drug-likeness (QED) is 0.135. The Morgan fingerprint density at radius 1 is 0.391 bits per heavy atom. The average molecular weight is 847 g/mol. The number of carboxylic acids is 2. The molecule has 8 aliphatic rings. The maximum Gasteiger partial charge on any atom is 0.335 e. The summed E-state index contributed by atoms with van der Waals surface area (Å²) in [5.41, 5.74) is 8.49. The largest absolute Gasteiger partial charge is 0.478 e. The van der Waals surface area contributed by atoms with Gasteiger partial charge in [-0.15, -0.1) is 0 Å². The van der Waals surface area contributed by atoms with Gasteiger partial charge in [-0.3, -0.25) is 0 Å². The van der Waals surface area contributed by atoms with Gasteiger partial charge in [-0.25, -0.2) is 9.59 Å². The number of benzene rings is 6. The highest BCUT2D eigenvalue weighted by molar-refractivity contribution is 5.94. The molecule has 0 radical (unpaired) electrons. The molecule has 8 bridgehead atoms. The molecule has 0 aliphatic heterocycles. The van der Waals surface area contributed by atoms with Crippen LogP contribution in [0.4, 0.5) is 0 Å². The van der Waals surface area contributed by atoms with Crippen LogP contribution in [0.15, 0.2) is 133 Å². The third kappa shape index (κ3) is 6.75. The first-order valence-corrected chi connectivity index (χ1v) is 23.7. The summed E-state index contributed by atoms with van der Waals surface area (Å²) in [7, 11) is 0. The molecule has 8 aliphatic carbocycles. The lowest BCUT2D eigenvalue weighted by Crippen LogP contribution is -2.49. The second-order valence-corrected chi connectivity index (χ2v) is 20.7. The summed E-state index contributed by atoms with van der Waals surface area (Å²) >= 11 is 0. The van der Waals surface area contributed by atoms with Gasteiger partial charge in [-0.2, -0.15) is 0 Å². The number of para-hydroxylation sites is 2. The first-order chi connectivity index (χ1) is 31.2. The van der Waals surface area contributed by atoms with Crippen LogP contribution in [0, 0.1) is 35.5 Å². The number of ether oxygens (including phenoxy) is 2. The van der Waals surface area contributed by atoms with Crippen LogP contribution in [0.1, 0.15) is 109 Å². The molecule has 64 heavy (non-hydrogen) atoms. The van der Waals surface area contributed by atoms with Crippen molar-refractivity contribution < 1.29 is 29.3 Å². The molecule has 14 rings (SSSR count). The minimum Gasteiger partial charge on any atom is -0.478 e. The van der Waals surface area contributed by atoms with E-state index in [1.807, 2.05) is 60.7 Å². The van der Waals surface area contributed by atoms with Gasteiger partial charge in [0.2, 0.25) is 0 Å². The van der Waals surface area contributed by atoms with E-state index in [1.54, 1.807) is 12.1 Å². The fraction of sp³-hybridized carbons (Fsp3) is 0.345. The molecule has 6 nitrogen and oxygen atoms in total. The number of carboxylic acid groups (broad SMARTS) is 2. The van der Waals surface area contributed by atoms with Crippen molar-refractivity contribution in [1.82, 2.24) is 0 Å². The molecule has 0 unspecified atom stereocenters. The Balaban J connectivity index is 0.890. The van der Waals surface area contributed by atoms with Gasteiger partial charge >= 0.3 is 11.9 Å². The number of hydrogen-bond acceptors (Lipinski definition) is 4. The third-order valence-electron chi connectivity index (χ3n) is 16.6. The summed E-state index contributed by atoms with van der Waals surface area (Å²) in [5.74, 6) is 5.12. The molecule has 0 atom stereocenters. The maximum atomic E-state index is 12.7. The van der Waals surface area contributed by atoms with Crippen molar-refractivity contribution in [2.45, 2.75) is 87.9 Å². The van der Waals surface area contributed by atoms with Crippen LogP contribution in [0.25, 0.3) is 33.4 Å². The zero-order valence-corrected chi connectivity index (χ0v) is 36.2. The molecule has 0 aromatic heterocycles. The highest BCUT2D eigenvalue weighted by Crippen LogP contribution is 2.63. The predicted octanol–water partition coefficient (Wildman–Crippen LogP) is 14.6. The van der Waals surface area contributed by atoms with Crippen molar-refractivity contribution >= 4 is 11.9 Å². The Morgan fingerprint density at radius 2 is 0.672 bits per heavy atom. The monoisotopic (exact) mass is 846 g/mol. The SMILES string of the molecule is O=C(O)c1ccc(Oc2ccccc2-c2ccccc2-c2ccccc2-c2ccccc2Oc2ccc(C(=O)O)c(C34CC5CC(CC(C5)C3)C4)c2)cc1C12CC3CC(CC(C3)C1)C2. The van der Waals surface area contributed by atoms with Gasteiger partial charge in [0.15, 0.2) is 0 Å². The zero-order valence-electron chi connectivity index (χ0n) is 36.2. The van der Waals surface area contributed by atoms with Gasteiger partial charge in [-0.05, 0) is 205 Å². The predicted molar refractivity (Wildman–Crippen MR) is 249 cm³/mol. The molecule has 6 aromatic rings. The molecule has 8 saturated carbocycles. The second kappa shape index (κ2) is 15.3. The minimum atomic E-state index is -0.865. The van der Waals surface area contributed by atoms with E-state index < -0.39 is 11.9 Å². The fourth-order valence-corrected chi connectivity index (χ4v) is 15.0. The lowest BCUT2D eigenvalue weighted by molar-refractivity contribution is -0.00595. The molecule has 6 heteroatoms. The van der Waals surface area contributed by atoms with E-state index in [2.05, 4.69) is 60.7 Å². The van der Waals surface area contributed by atoms with E-state index in [4.69, 9.17) is 9.47 Å². The van der Waals surface area contributed by atoms with Crippen molar-refractivity contribution in [2.75, 3.05) is 0 Å². The lowest BCUT2D eigenvalue weighted by atomic mass is 9.47. The Hall–Kier alpha value is -6.14. The highest BCUT2D eigenvalue weighted by atomic mass is 16.5. The number of aromatic carboxylic acids is 2. The molecule has 8 fully saturated rings. The third-order valence-corrected chi connectivity index (χ3v) is 16.6. The minimum absolute atomic E-state index is 0.101. The Kier molecular flexibility index (Phi) is 9.40. The molecular formula is C58H54O6. The van der Waals surface area contributed by atoms with Crippen molar-refractivity contribution in [3.05, 3.63) is 156 Å². The zero-order chi connectivity index (χ0) is 43.2. The van der Waals surface area contributed by atoms with Crippen LogP contribution in [0.3, 0.4) is 0 Å². The van der Waals surface area contributed by atoms with Gasteiger partial charge < -0.3 is 19.7 Å². The first-order valence-electron chi connectivity index (χ1n) is 23.7. The molecule has 0 heterocycles. The fourth-order valence-electron chi connectivity index (χ4n) is 15.0. The molecule has 0 spiro atoms. The summed E-state index contributed by atoms with van der Waals surface area (Å²) < 4.78 is 13.7. The second-order valence-electron chi connectivity index (χ2n) is 20.7. The van der Waals surface area contributed by atoms with Crippen molar-refractivity contribution in [3.8, 4) is 56.4 Å². The van der Waals surface area contributed by atoms with Crippen LogP contribution < -0.4 is 9.47 Å². The smallest absolute Gasteiger partial charge is 0.335 e. The van der Waals surface area contributed by atoms with E-state index in [-0.39, 0.29) is 10.8 Å². The van der Waals surface area contributed by atoms with E-state index in [1.165, 1.54) is 38.5 Å². The van der Waals surface area contributed by atoms with Crippen LogP contribution in [0.2, 0.25) is 0 Å². The van der Waals surface area contributed by atoms with Crippen LogP contribution in [-0.4, -0.2) is 22.2 Å². The summed E-state index contributed by atoms with van der Waals surface area (Å²) in [6, 6.07) is 44.4. The molecule has 0 saturated heterocycles. The Labute approximate surface area is 375 Å². The highest BCUT2D eigenvalue weighted by Gasteiger charge is 2.54. The normalized spacial score (nSPS) is 28.2. The molecule has 0 amide bonds. The van der Waals surface area contributed by atoms with E-state index in [0.717, 1.165) is 83.0 Å². The van der Waals surface area contributed by atoms with Crippen molar-refractivity contribution in [1.29, 1.82) is 0 Å². The van der Waals surface area contributed by atoms with Crippen molar-refractivity contribution in [2.24, 2.45) is 35.5 Å². The summed E-state index contributed by atoms with van der Waals surface area (Å²) in [6.07, 6.45) is 14.2. The number of rotatable bonds is 11. The van der Waals surface area contributed by atoms with Gasteiger partial charge in [-0.1, -0.05) is 84.9 Å². The van der Waals surface area contributed by atoms with Gasteiger partial charge in [0.1, 0.15) is 23.0 Å². The first kappa shape index (κ1) is 39.5. The summed E-state index contributed by atoms with van der Waals surface area (Å²) in [4.78, 5) is 25.4. The van der Waals surface area contributed by atoms with Crippen LogP contribution in [0.5, 0.6) is 23.0 Å². The van der Waals surface area contributed by atoms with Gasteiger partial charge in [0, 0.05) is 11.1 Å². The molecule has 6 aromatic carbocycles. The molecular weight excluding hydrogens is 793 g/mol. The van der Waals surface area contributed by atoms with E-state index >= 15 is 0 Å². The molecule has 322 valence electrons. The number of hydrogen-bond donors (Lipinski definition) is 2. The topological polar surface area (TPSA) is 93.1 Å². The van der Waals surface area contributed by atoms with E-state index in [9.17, 15) is 19.8 Å². The van der Waals surface area contributed by atoms with E-state index in [0.29, 0.717) is 69.6 Å². The summed E-state index contributed by atoms with van der Waals surface area (Å²) in [6.45, 7) is 0. The lowest BCUT2D eigenvalue weighted by Gasteiger charge is -2.57. The number of carbonyl (C=O) groups is 2. The van der Waals surface area contributed by atoms with Crippen LogP contribution in [-0.2, 0) is 10.8 Å². The Morgan fingerprint density at radius 3 is 0.984 bits per heavy atom. The standard InChI is InChI=1S/C58H54O6/c59-55(60)49-19-17-41(27-51(49)57-29-35-21-36(30-57)23-37(22-35)31-57)63-53-15-7-5-13-47(53)45-11-3-1-9-43(45)44-10-2-4-12-46(44)48-14-6-8-16-54(48)64-42-18-20-50(56(61)62)52(28-42)58-32-38-24-39(33-58)26-40(25-38)34-58/h1-20,27-28,35-40H,21-26,29-34H2,(H,59,60)(H,61,62). The van der Waals surface area contributed by atoms with Gasteiger partial charge in [0.05, 0.1) is 11.1 Å². The van der Waals surface area contributed by atoms with Crippen molar-refractivity contribution in [3.63, 3.8) is 0 Å². The maximum absolute atomic E-state index is 12.7. The average Bonchev–Trinajstić information content (AvgIpc) is 3.28.